The Morgan fingerprint density at radius 2 is 1.15 bits per heavy atom. The number of hydrogen-bond acceptors (Lipinski definition) is 8. The van der Waals surface area contributed by atoms with Crippen LogP contribution in [0.15, 0.2) is 91.0 Å². The molecule has 2 aliphatic rings. The second kappa shape index (κ2) is 21.1. The van der Waals surface area contributed by atoms with Crippen molar-refractivity contribution >= 4 is 35.5 Å². The fourth-order valence-corrected chi connectivity index (χ4v) is 7.91. The van der Waals surface area contributed by atoms with Crippen LogP contribution in [0.3, 0.4) is 0 Å². The molecule has 322 valence electrons. The average molecular weight is 823 g/mol. The SMILES string of the molecule is CC[C@H](C)[C@H](NC(=O)[C@H](Cc1ccccc1)NC(=O)[C@@H]1CCCN1C(=O)[C@@H](N)Cc1ccccc1)C(=O)N[C@@H](Cc1ccccc1)C(=O)N1CCC[C@H]1C(=O)OC(C)(C)C. The number of benzene rings is 3. The van der Waals surface area contributed by atoms with Gasteiger partial charge in [-0.3, -0.25) is 24.0 Å². The first-order chi connectivity index (χ1) is 28.6. The van der Waals surface area contributed by atoms with E-state index in [0.29, 0.717) is 51.6 Å². The molecule has 2 heterocycles. The second-order valence-corrected chi connectivity index (χ2v) is 17.1. The van der Waals surface area contributed by atoms with E-state index in [4.69, 9.17) is 10.5 Å². The van der Waals surface area contributed by atoms with E-state index in [-0.39, 0.29) is 24.7 Å². The molecule has 5 amide bonds. The Hall–Kier alpha value is -5.56. The van der Waals surface area contributed by atoms with Crippen molar-refractivity contribution in [3.63, 3.8) is 0 Å². The van der Waals surface area contributed by atoms with Gasteiger partial charge in [-0.05, 0) is 75.5 Å². The van der Waals surface area contributed by atoms with E-state index in [0.717, 1.165) is 16.7 Å². The van der Waals surface area contributed by atoms with Gasteiger partial charge < -0.3 is 36.2 Å². The van der Waals surface area contributed by atoms with Crippen LogP contribution in [-0.4, -0.2) is 100 Å². The van der Waals surface area contributed by atoms with E-state index in [2.05, 4.69) is 16.0 Å². The first kappa shape index (κ1) is 45.5. The van der Waals surface area contributed by atoms with E-state index < -0.39 is 71.5 Å². The number of hydrogen-bond donors (Lipinski definition) is 4. The molecule has 60 heavy (non-hydrogen) atoms. The average Bonchev–Trinajstić information content (AvgIpc) is 3.93. The summed E-state index contributed by atoms with van der Waals surface area (Å²) in [5, 5.41) is 8.80. The van der Waals surface area contributed by atoms with E-state index in [9.17, 15) is 28.8 Å². The normalized spacial score (nSPS) is 19.0. The highest BCUT2D eigenvalue weighted by atomic mass is 16.6. The van der Waals surface area contributed by atoms with Gasteiger partial charge in [0.05, 0.1) is 6.04 Å². The van der Waals surface area contributed by atoms with Gasteiger partial charge in [-0.2, -0.15) is 0 Å². The standard InChI is InChI=1S/C47H62N6O7/c1-6-31(2)40(43(56)50-37(30-34-22-14-9-15-23-34)45(58)53-27-17-25-39(53)46(59)60-47(3,4)5)51-41(54)36(29-33-20-12-8-13-21-33)49-42(55)38-24-16-26-52(38)44(57)35(48)28-32-18-10-7-11-19-32/h7-15,18-23,31,35-40H,6,16-17,24-30,48H2,1-5H3,(H,49,55)(H,50,56)(H,51,54)/t31-,35-,36-,37-,38-,39-,40-/m0/s1. The van der Waals surface area contributed by atoms with Gasteiger partial charge in [-0.1, -0.05) is 111 Å². The number of likely N-dealkylation sites (tertiary alicyclic amines) is 2. The Bertz CT molecular complexity index is 1920. The summed E-state index contributed by atoms with van der Waals surface area (Å²) in [4.78, 5) is 87.0. The number of rotatable bonds is 17. The fourth-order valence-electron chi connectivity index (χ4n) is 7.91. The lowest BCUT2D eigenvalue weighted by atomic mass is 9.96. The Labute approximate surface area is 354 Å². The molecule has 0 radical (unpaired) electrons. The molecule has 0 unspecified atom stereocenters. The summed E-state index contributed by atoms with van der Waals surface area (Å²) < 4.78 is 5.66. The highest BCUT2D eigenvalue weighted by Gasteiger charge is 2.42. The van der Waals surface area contributed by atoms with Crippen molar-refractivity contribution in [1.29, 1.82) is 0 Å². The van der Waals surface area contributed by atoms with E-state index in [1.807, 2.05) is 105 Å². The van der Waals surface area contributed by atoms with Gasteiger partial charge >= 0.3 is 5.97 Å². The molecule has 3 aromatic rings. The van der Waals surface area contributed by atoms with Crippen molar-refractivity contribution < 1.29 is 33.5 Å². The molecular formula is C47H62N6O7. The molecule has 13 nitrogen and oxygen atoms in total. The molecule has 5 N–H and O–H groups in total. The first-order valence-electron chi connectivity index (χ1n) is 21.3. The highest BCUT2D eigenvalue weighted by Crippen LogP contribution is 2.24. The zero-order valence-corrected chi connectivity index (χ0v) is 35.6. The van der Waals surface area contributed by atoms with Gasteiger partial charge in [0.15, 0.2) is 0 Å². The Balaban J connectivity index is 1.35. The van der Waals surface area contributed by atoms with Crippen molar-refractivity contribution in [1.82, 2.24) is 25.8 Å². The van der Waals surface area contributed by atoms with Gasteiger partial charge in [0, 0.05) is 25.9 Å². The summed E-state index contributed by atoms with van der Waals surface area (Å²) in [5.41, 5.74) is 8.13. The monoisotopic (exact) mass is 822 g/mol. The molecule has 0 aromatic heterocycles. The van der Waals surface area contributed by atoms with Crippen LogP contribution in [0.2, 0.25) is 0 Å². The van der Waals surface area contributed by atoms with Gasteiger partial charge in [-0.15, -0.1) is 0 Å². The Morgan fingerprint density at radius 1 is 0.667 bits per heavy atom. The molecule has 13 heteroatoms. The molecule has 7 atom stereocenters. The van der Waals surface area contributed by atoms with Crippen LogP contribution in [0.4, 0.5) is 0 Å². The number of amides is 5. The summed E-state index contributed by atoms with van der Waals surface area (Å²) in [6, 6.07) is 22.3. The molecule has 0 saturated carbocycles. The maximum atomic E-state index is 14.4. The van der Waals surface area contributed by atoms with Crippen molar-refractivity contribution in [2.75, 3.05) is 13.1 Å². The van der Waals surface area contributed by atoms with Crippen molar-refractivity contribution in [2.24, 2.45) is 11.7 Å². The molecular weight excluding hydrogens is 761 g/mol. The molecule has 0 aliphatic carbocycles. The highest BCUT2D eigenvalue weighted by molar-refractivity contribution is 5.97. The minimum absolute atomic E-state index is 0.123. The molecule has 2 fully saturated rings. The third-order valence-corrected chi connectivity index (χ3v) is 11.3. The number of carbonyl (C=O) groups excluding carboxylic acids is 6. The fraction of sp³-hybridized carbons (Fsp3) is 0.489. The van der Waals surface area contributed by atoms with Gasteiger partial charge in [-0.25, -0.2) is 4.79 Å². The van der Waals surface area contributed by atoms with Crippen LogP contribution in [-0.2, 0) is 52.8 Å². The first-order valence-corrected chi connectivity index (χ1v) is 21.3. The quantitative estimate of drug-likeness (QED) is 0.148. The van der Waals surface area contributed by atoms with Crippen LogP contribution < -0.4 is 21.7 Å². The van der Waals surface area contributed by atoms with Crippen LogP contribution in [0, 0.1) is 5.92 Å². The van der Waals surface area contributed by atoms with Gasteiger partial charge in [0.25, 0.3) is 0 Å². The maximum Gasteiger partial charge on any atom is 0.329 e. The number of nitrogens with two attached hydrogens (primary N) is 1. The van der Waals surface area contributed by atoms with Crippen molar-refractivity contribution in [2.45, 2.75) is 128 Å². The van der Waals surface area contributed by atoms with Crippen LogP contribution in [0.1, 0.15) is 83.4 Å². The predicted molar refractivity (Wildman–Crippen MR) is 229 cm³/mol. The summed E-state index contributed by atoms with van der Waals surface area (Å²) in [5.74, 6) is -3.24. The number of ether oxygens (including phenoxy) is 1. The zero-order valence-electron chi connectivity index (χ0n) is 35.6. The summed E-state index contributed by atoms with van der Waals surface area (Å²) in [6.07, 6.45) is 3.18. The topological polar surface area (TPSA) is 180 Å². The molecule has 3 aromatic carbocycles. The summed E-state index contributed by atoms with van der Waals surface area (Å²) in [6.45, 7) is 9.76. The second-order valence-electron chi connectivity index (χ2n) is 17.1. The molecule has 2 saturated heterocycles. The van der Waals surface area contributed by atoms with Crippen LogP contribution in [0.5, 0.6) is 0 Å². The minimum atomic E-state index is -1.10. The van der Waals surface area contributed by atoms with E-state index in [1.54, 1.807) is 20.8 Å². The Morgan fingerprint density at radius 3 is 1.67 bits per heavy atom. The molecule has 0 bridgehead atoms. The van der Waals surface area contributed by atoms with Gasteiger partial charge in [0.2, 0.25) is 29.5 Å². The smallest absolute Gasteiger partial charge is 0.329 e. The van der Waals surface area contributed by atoms with Crippen molar-refractivity contribution in [3.05, 3.63) is 108 Å². The lowest BCUT2D eigenvalue weighted by Gasteiger charge is -2.32. The zero-order chi connectivity index (χ0) is 43.4. The minimum Gasteiger partial charge on any atom is -0.458 e. The molecule has 2 aliphatic heterocycles. The third kappa shape index (κ3) is 12.5. The summed E-state index contributed by atoms with van der Waals surface area (Å²) in [7, 11) is 0. The van der Waals surface area contributed by atoms with Gasteiger partial charge in [0.1, 0.15) is 35.8 Å². The lowest BCUT2D eigenvalue weighted by Crippen LogP contribution is -2.61. The Kier molecular flexibility index (Phi) is 16.0. The number of nitrogens with one attached hydrogen (secondary N) is 3. The molecule has 0 spiro atoms. The number of esters is 1. The largest absolute Gasteiger partial charge is 0.458 e. The number of carbonyl (C=O) groups is 6. The maximum absolute atomic E-state index is 14.4. The summed E-state index contributed by atoms with van der Waals surface area (Å²) >= 11 is 0. The van der Waals surface area contributed by atoms with Crippen LogP contribution in [0.25, 0.3) is 0 Å². The third-order valence-electron chi connectivity index (χ3n) is 11.3. The number of nitrogens with zero attached hydrogens (tertiary/aromatic N) is 2. The van der Waals surface area contributed by atoms with Crippen molar-refractivity contribution in [3.8, 4) is 0 Å². The van der Waals surface area contributed by atoms with E-state index in [1.165, 1.54) is 9.80 Å². The van der Waals surface area contributed by atoms with E-state index >= 15 is 0 Å². The molecule has 5 rings (SSSR count). The lowest BCUT2D eigenvalue weighted by molar-refractivity contribution is -0.163. The predicted octanol–water partition coefficient (Wildman–Crippen LogP) is 3.87. The van der Waals surface area contributed by atoms with Crippen LogP contribution >= 0.6 is 0 Å².